The SMILES string of the molecule is CC#CCCn1ccnc1C(C)C. The lowest BCUT2D eigenvalue weighted by Gasteiger charge is -2.07. The molecule has 0 aliphatic heterocycles. The zero-order chi connectivity index (χ0) is 9.68. The van der Waals surface area contributed by atoms with Gasteiger partial charge in [0, 0.05) is 31.3 Å². The fraction of sp³-hybridized carbons (Fsp3) is 0.545. The van der Waals surface area contributed by atoms with Crippen molar-refractivity contribution in [2.75, 3.05) is 0 Å². The zero-order valence-electron chi connectivity index (χ0n) is 8.54. The van der Waals surface area contributed by atoms with E-state index in [0.717, 1.165) is 18.8 Å². The first kappa shape index (κ1) is 9.85. The van der Waals surface area contributed by atoms with Gasteiger partial charge in [-0.25, -0.2) is 4.98 Å². The Morgan fingerprint density at radius 2 is 2.31 bits per heavy atom. The van der Waals surface area contributed by atoms with Crippen LogP contribution in [-0.4, -0.2) is 9.55 Å². The maximum atomic E-state index is 4.31. The molecule has 0 radical (unpaired) electrons. The number of aromatic nitrogens is 2. The molecule has 0 aromatic carbocycles. The Kier molecular flexibility index (Phi) is 3.57. The largest absolute Gasteiger partial charge is 0.334 e. The van der Waals surface area contributed by atoms with Crippen LogP contribution < -0.4 is 0 Å². The Balaban J connectivity index is 2.63. The van der Waals surface area contributed by atoms with Crippen LogP contribution in [0.3, 0.4) is 0 Å². The molecule has 0 saturated heterocycles. The predicted molar refractivity (Wildman–Crippen MR) is 54.4 cm³/mol. The van der Waals surface area contributed by atoms with Crippen LogP contribution in [0.5, 0.6) is 0 Å². The average molecular weight is 176 g/mol. The van der Waals surface area contributed by atoms with E-state index >= 15 is 0 Å². The van der Waals surface area contributed by atoms with Gasteiger partial charge in [0.25, 0.3) is 0 Å². The number of nitrogens with zero attached hydrogens (tertiary/aromatic N) is 2. The van der Waals surface area contributed by atoms with Gasteiger partial charge in [-0.05, 0) is 6.92 Å². The minimum atomic E-state index is 0.490. The summed E-state index contributed by atoms with van der Waals surface area (Å²) in [6.45, 7) is 7.14. The Hall–Kier alpha value is -1.23. The van der Waals surface area contributed by atoms with Crippen LogP contribution in [0.2, 0.25) is 0 Å². The summed E-state index contributed by atoms with van der Waals surface area (Å²) in [6.07, 6.45) is 4.79. The molecule has 0 spiro atoms. The molecular formula is C11H16N2. The van der Waals surface area contributed by atoms with Gasteiger partial charge in [0.2, 0.25) is 0 Å². The van der Waals surface area contributed by atoms with E-state index in [4.69, 9.17) is 0 Å². The summed E-state index contributed by atoms with van der Waals surface area (Å²) in [5.41, 5.74) is 0. The predicted octanol–water partition coefficient (Wildman–Crippen LogP) is 2.42. The van der Waals surface area contributed by atoms with E-state index in [9.17, 15) is 0 Å². The summed E-state index contributed by atoms with van der Waals surface area (Å²) < 4.78 is 2.18. The molecule has 0 N–H and O–H groups in total. The standard InChI is InChI=1S/C11H16N2/c1-4-5-6-8-13-9-7-12-11(13)10(2)3/h7,9-10H,6,8H2,1-3H3. The maximum Gasteiger partial charge on any atom is 0.111 e. The second-order valence-corrected chi connectivity index (χ2v) is 3.31. The number of hydrogen-bond donors (Lipinski definition) is 0. The minimum Gasteiger partial charge on any atom is -0.334 e. The Labute approximate surface area is 80.0 Å². The third kappa shape index (κ3) is 2.62. The van der Waals surface area contributed by atoms with Gasteiger partial charge in [-0.3, -0.25) is 0 Å². The van der Waals surface area contributed by atoms with Crippen molar-refractivity contribution >= 4 is 0 Å². The normalized spacial score (nSPS) is 9.85. The first-order valence-corrected chi connectivity index (χ1v) is 4.66. The van der Waals surface area contributed by atoms with Crippen LogP contribution in [0.15, 0.2) is 12.4 Å². The molecule has 0 amide bonds. The third-order valence-electron chi connectivity index (χ3n) is 1.92. The fourth-order valence-electron chi connectivity index (χ4n) is 1.31. The summed E-state index contributed by atoms with van der Waals surface area (Å²) in [4.78, 5) is 4.31. The zero-order valence-corrected chi connectivity index (χ0v) is 8.54. The molecule has 0 aliphatic rings. The third-order valence-corrected chi connectivity index (χ3v) is 1.92. The van der Waals surface area contributed by atoms with Crippen molar-refractivity contribution in [3.8, 4) is 11.8 Å². The fourth-order valence-corrected chi connectivity index (χ4v) is 1.31. The molecule has 0 saturated carbocycles. The molecule has 0 fully saturated rings. The number of aryl methyl sites for hydroxylation is 1. The molecule has 70 valence electrons. The van der Waals surface area contributed by atoms with E-state index in [0.29, 0.717) is 5.92 Å². The van der Waals surface area contributed by atoms with Gasteiger partial charge in [-0.15, -0.1) is 11.8 Å². The van der Waals surface area contributed by atoms with Crippen molar-refractivity contribution in [1.82, 2.24) is 9.55 Å². The van der Waals surface area contributed by atoms with Gasteiger partial charge in [0.15, 0.2) is 0 Å². The molecule has 0 bridgehead atoms. The van der Waals surface area contributed by atoms with E-state index in [-0.39, 0.29) is 0 Å². The lowest BCUT2D eigenvalue weighted by molar-refractivity contribution is 0.631. The van der Waals surface area contributed by atoms with Gasteiger partial charge in [-0.1, -0.05) is 13.8 Å². The smallest absolute Gasteiger partial charge is 0.111 e. The molecule has 0 aliphatic carbocycles. The van der Waals surface area contributed by atoms with Crippen LogP contribution in [-0.2, 0) is 6.54 Å². The van der Waals surface area contributed by atoms with Crippen molar-refractivity contribution in [3.05, 3.63) is 18.2 Å². The second kappa shape index (κ2) is 4.71. The molecule has 2 heteroatoms. The molecular weight excluding hydrogens is 160 g/mol. The van der Waals surface area contributed by atoms with E-state index in [1.807, 2.05) is 19.3 Å². The van der Waals surface area contributed by atoms with Crippen LogP contribution in [0.1, 0.15) is 38.9 Å². The van der Waals surface area contributed by atoms with E-state index in [1.165, 1.54) is 0 Å². The Bertz CT molecular complexity index is 312. The topological polar surface area (TPSA) is 17.8 Å². The van der Waals surface area contributed by atoms with E-state index < -0.39 is 0 Å². The monoisotopic (exact) mass is 176 g/mol. The van der Waals surface area contributed by atoms with Gasteiger partial charge in [0.05, 0.1) is 0 Å². The van der Waals surface area contributed by atoms with Crippen LogP contribution in [0, 0.1) is 11.8 Å². The summed E-state index contributed by atoms with van der Waals surface area (Å²) in [6, 6.07) is 0. The van der Waals surface area contributed by atoms with Crippen molar-refractivity contribution in [2.24, 2.45) is 0 Å². The van der Waals surface area contributed by atoms with Crippen LogP contribution >= 0.6 is 0 Å². The average Bonchev–Trinajstić information content (AvgIpc) is 2.53. The number of hydrogen-bond acceptors (Lipinski definition) is 1. The van der Waals surface area contributed by atoms with E-state index in [2.05, 4.69) is 35.2 Å². The lowest BCUT2D eigenvalue weighted by atomic mass is 10.2. The highest BCUT2D eigenvalue weighted by molar-refractivity contribution is 5.00. The highest BCUT2D eigenvalue weighted by atomic mass is 15.1. The van der Waals surface area contributed by atoms with Crippen LogP contribution in [0.4, 0.5) is 0 Å². The Morgan fingerprint density at radius 1 is 1.54 bits per heavy atom. The molecule has 1 heterocycles. The van der Waals surface area contributed by atoms with Gasteiger partial charge >= 0.3 is 0 Å². The van der Waals surface area contributed by atoms with E-state index in [1.54, 1.807) is 0 Å². The molecule has 1 aromatic rings. The molecule has 13 heavy (non-hydrogen) atoms. The van der Waals surface area contributed by atoms with Gasteiger partial charge in [-0.2, -0.15) is 0 Å². The molecule has 1 rings (SSSR count). The summed E-state index contributed by atoms with van der Waals surface area (Å²) in [5, 5.41) is 0. The molecule has 0 unspecified atom stereocenters. The van der Waals surface area contributed by atoms with Gasteiger partial charge in [0.1, 0.15) is 5.82 Å². The Morgan fingerprint density at radius 3 is 2.92 bits per heavy atom. The van der Waals surface area contributed by atoms with Crippen molar-refractivity contribution in [3.63, 3.8) is 0 Å². The van der Waals surface area contributed by atoms with Gasteiger partial charge < -0.3 is 4.57 Å². The van der Waals surface area contributed by atoms with Crippen molar-refractivity contribution in [1.29, 1.82) is 0 Å². The highest BCUT2D eigenvalue weighted by Gasteiger charge is 2.05. The first-order valence-electron chi connectivity index (χ1n) is 4.66. The summed E-state index contributed by atoms with van der Waals surface area (Å²) >= 11 is 0. The van der Waals surface area contributed by atoms with Crippen molar-refractivity contribution < 1.29 is 0 Å². The summed E-state index contributed by atoms with van der Waals surface area (Å²) in [7, 11) is 0. The molecule has 2 nitrogen and oxygen atoms in total. The minimum absolute atomic E-state index is 0.490. The first-order chi connectivity index (χ1) is 6.25. The quantitative estimate of drug-likeness (QED) is 0.647. The molecule has 1 aromatic heterocycles. The maximum absolute atomic E-state index is 4.31. The van der Waals surface area contributed by atoms with Crippen molar-refractivity contribution in [2.45, 2.75) is 39.7 Å². The number of rotatable bonds is 3. The summed E-state index contributed by atoms with van der Waals surface area (Å²) in [5.74, 6) is 7.59. The second-order valence-electron chi connectivity index (χ2n) is 3.31. The number of imidazole rings is 1. The molecule has 0 atom stereocenters. The lowest BCUT2D eigenvalue weighted by Crippen LogP contribution is -2.04. The highest BCUT2D eigenvalue weighted by Crippen LogP contribution is 2.11. The van der Waals surface area contributed by atoms with Crippen LogP contribution in [0.25, 0.3) is 0 Å².